The maximum atomic E-state index is 11.6. The van der Waals surface area contributed by atoms with Crippen LogP contribution < -0.4 is 5.32 Å². The van der Waals surface area contributed by atoms with Crippen LogP contribution in [0.2, 0.25) is 0 Å². The van der Waals surface area contributed by atoms with Crippen molar-refractivity contribution in [3.8, 4) is 0 Å². The van der Waals surface area contributed by atoms with Crippen molar-refractivity contribution in [1.82, 2.24) is 10.2 Å². The number of ether oxygens (including phenoxy) is 2. The number of hydrogen-bond acceptors (Lipinski definition) is 8. The van der Waals surface area contributed by atoms with Gasteiger partial charge >= 0.3 is 6.72 Å². The lowest BCUT2D eigenvalue weighted by molar-refractivity contribution is -0.136. The fraction of sp³-hybridized carbons (Fsp3) is 0.688. The minimum atomic E-state index is -3.39. The highest BCUT2D eigenvalue weighted by atomic mass is 32.5. The number of carbonyl (C=O) groups is 2. The second kappa shape index (κ2) is 10.3. The normalized spacial score (nSPS) is 29.4. The zero-order chi connectivity index (χ0) is 20.9. The maximum Gasteiger partial charge on any atom is 0.324 e. The van der Waals surface area contributed by atoms with Crippen molar-refractivity contribution in [3.63, 3.8) is 0 Å². The van der Waals surface area contributed by atoms with E-state index in [1.807, 2.05) is 0 Å². The smallest absolute Gasteiger partial charge is 0.324 e. The number of rotatable bonds is 10. The summed E-state index contributed by atoms with van der Waals surface area (Å²) in [5.74, 6) is -0.776. The Morgan fingerprint density at radius 2 is 1.93 bits per heavy atom. The second-order valence-corrected chi connectivity index (χ2v) is 9.85. The highest BCUT2D eigenvalue weighted by molar-refractivity contribution is 8.07. The molecule has 2 aliphatic rings. The molecule has 1 heterocycles. The molecule has 1 aliphatic carbocycles. The molecule has 158 valence electrons. The molecule has 2 amide bonds. The van der Waals surface area contributed by atoms with Crippen molar-refractivity contribution in [2.24, 2.45) is 5.92 Å². The standard InChI is InChI=1S/C16H25N2O7PS2/c1-22-9-10-8-11(16(23-2)15(10)25-26(21,28)24-3)17-12(27)6-7-18-13(19)4-5-14(18)20/h4-5,10-11,15-16H,6-9H2,1-3H3,(H,17,27)(H,21,28)/t10-,11+,15?,16-,26?/m1/s1. The van der Waals surface area contributed by atoms with Gasteiger partial charge in [0.2, 0.25) is 0 Å². The predicted octanol–water partition coefficient (Wildman–Crippen LogP) is 0.517. The molecule has 2 N–H and O–H groups in total. The van der Waals surface area contributed by atoms with E-state index >= 15 is 0 Å². The van der Waals surface area contributed by atoms with E-state index in [1.54, 1.807) is 7.11 Å². The quantitative estimate of drug-likeness (QED) is 0.277. The summed E-state index contributed by atoms with van der Waals surface area (Å²) in [7, 11) is 4.41. The van der Waals surface area contributed by atoms with Gasteiger partial charge < -0.3 is 28.7 Å². The number of hydrogen-bond donors (Lipinski definition) is 2. The van der Waals surface area contributed by atoms with Crippen molar-refractivity contribution in [2.45, 2.75) is 31.1 Å². The number of carbonyl (C=O) groups excluding carboxylic acids is 2. The zero-order valence-corrected chi connectivity index (χ0v) is 18.4. The maximum absolute atomic E-state index is 11.6. The van der Waals surface area contributed by atoms with Crippen molar-refractivity contribution in [3.05, 3.63) is 12.2 Å². The van der Waals surface area contributed by atoms with Gasteiger partial charge in [-0.2, -0.15) is 0 Å². The first-order valence-electron chi connectivity index (χ1n) is 8.64. The third-order valence-corrected chi connectivity index (χ3v) is 6.69. The van der Waals surface area contributed by atoms with Gasteiger partial charge in [0.25, 0.3) is 11.8 Å². The minimum absolute atomic E-state index is 0.0918. The van der Waals surface area contributed by atoms with Crippen LogP contribution in [0.1, 0.15) is 12.8 Å². The van der Waals surface area contributed by atoms with Gasteiger partial charge in [-0.05, 0) is 18.2 Å². The first-order valence-corrected chi connectivity index (χ1v) is 11.6. The van der Waals surface area contributed by atoms with Crippen molar-refractivity contribution >= 4 is 47.5 Å². The van der Waals surface area contributed by atoms with Gasteiger partial charge in [0.15, 0.2) is 0 Å². The summed E-state index contributed by atoms with van der Waals surface area (Å²) in [6, 6.07) is -0.211. The SMILES string of the molecule is COC[C@H]1C[C@H](NC(=S)CCN2C(=O)C=CC2=O)[C@@H](OC)C1OP(O)(=S)OC. The van der Waals surface area contributed by atoms with E-state index in [9.17, 15) is 14.5 Å². The van der Waals surface area contributed by atoms with Gasteiger partial charge in [-0.15, -0.1) is 0 Å². The van der Waals surface area contributed by atoms with Crippen molar-refractivity contribution in [2.75, 3.05) is 34.5 Å². The molecule has 0 aromatic heterocycles. The van der Waals surface area contributed by atoms with Gasteiger partial charge in [-0.1, -0.05) is 12.2 Å². The Morgan fingerprint density at radius 3 is 2.46 bits per heavy atom. The Bertz CT molecular complexity index is 672. The van der Waals surface area contributed by atoms with Crippen LogP contribution in [0.4, 0.5) is 0 Å². The third kappa shape index (κ3) is 5.87. The molecule has 1 saturated carbocycles. The molecule has 9 nitrogen and oxygen atoms in total. The predicted molar refractivity (Wildman–Crippen MR) is 109 cm³/mol. The first-order chi connectivity index (χ1) is 13.2. The number of methoxy groups -OCH3 is 2. The molecule has 28 heavy (non-hydrogen) atoms. The van der Waals surface area contributed by atoms with Gasteiger partial charge in [-0.25, -0.2) is 0 Å². The second-order valence-electron chi connectivity index (χ2n) is 6.46. The monoisotopic (exact) mass is 452 g/mol. The highest BCUT2D eigenvalue weighted by Crippen LogP contribution is 2.48. The van der Waals surface area contributed by atoms with Crippen molar-refractivity contribution < 1.29 is 33.0 Å². The van der Waals surface area contributed by atoms with Gasteiger partial charge in [0.1, 0.15) is 12.2 Å². The molecule has 0 aromatic carbocycles. The molecule has 5 atom stereocenters. The number of amides is 2. The van der Waals surface area contributed by atoms with Crippen LogP contribution in [-0.4, -0.2) is 79.3 Å². The number of nitrogens with one attached hydrogen (secondary N) is 1. The Morgan fingerprint density at radius 1 is 1.29 bits per heavy atom. The van der Waals surface area contributed by atoms with Crippen LogP contribution in [0.3, 0.4) is 0 Å². The van der Waals surface area contributed by atoms with E-state index in [4.69, 9.17) is 42.5 Å². The molecule has 2 rings (SSSR count). The van der Waals surface area contributed by atoms with E-state index in [-0.39, 0.29) is 30.3 Å². The van der Waals surface area contributed by atoms with Gasteiger partial charge in [0.05, 0.1) is 17.6 Å². The number of thiocarbonyl (C=S) groups is 1. The summed E-state index contributed by atoms with van der Waals surface area (Å²) in [6.45, 7) is -2.80. The Balaban J connectivity index is 1.99. The summed E-state index contributed by atoms with van der Waals surface area (Å²) < 4.78 is 21.4. The Kier molecular flexibility index (Phi) is 8.65. The van der Waals surface area contributed by atoms with E-state index in [0.29, 0.717) is 24.4 Å². The summed E-state index contributed by atoms with van der Waals surface area (Å²) >= 11 is 10.4. The summed E-state index contributed by atoms with van der Waals surface area (Å²) in [6.07, 6.45) is 2.44. The summed E-state index contributed by atoms with van der Waals surface area (Å²) in [4.78, 5) is 34.9. The number of nitrogens with zero attached hydrogens (tertiary/aromatic N) is 1. The van der Waals surface area contributed by atoms with E-state index in [2.05, 4.69) is 5.32 Å². The van der Waals surface area contributed by atoms with Crippen LogP contribution in [0, 0.1) is 5.92 Å². The lowest BCUT2D eigenvalue weighted by atomic mass is 10.1. The van der Waals surface area contributed by atoms with Crippen LogP contribution in [0.25, 0.3) is 0 Å². The molecule has 0 spiro atoms. The molecule has 0 bridgehead atoms. The first kappa shape index (κ1) is 23.5. The molecule has 12 heteroatoms. The fourth-order valence-corrected chi connectivity index (χ4v) is 4.62. The fourth-order valence-electron chi connectivity index (χ4n) is 3.39. The molecule has 0 radical (unpaired) electrons. The third-order valence-electron chi connectivity index (χ3n) is 4.69. The van der Waals surface area contributed by atoms with Gasteiger partial charge in [0, 0.05) is 52.4 Å². The molecular weight excluding hydrogens is 427 g/mol. The Hall–Kier alpha value is -0.780. The van der Waals surface area contributed by atoms with E-state index in [1.165, 1.54) is 26.4 Å². The van der Waals surface area contributed by atoms with Gasteiger partial charge in [-0.3, -0.25) is 14.5 Å². The van der Waals surface area contributed by atoms with E-state index < -0.39 is 18.9 Å². The van der Waals surface area contributed by atoms with Crippen molar-refractivity contribution in [1.29, 1.82) is 0 Å². The summed E-state index contributed by atoms with van der Waals surface area (Å²) in [5, 5.41) is 3.21. The molecule has 1 aliphatic heterocycles. The average Bonchev–Trinajstić information content (AvgIpc) is 3.12. The van der Waals surface area contributed by atoms with E-state index in [0.717, 1.165) is 4.90 Å². The topological polar surface area (TPSA) is 107 Å². The number of imide groups is 1. The lowest BCUT2D eigenvalue weighted by Crippen LogP contribution is -2.45. The van der Waals surface area contributed by atoms with Crippen LogP contribution in [0.15, 0.2) is 12.2 Å². The molecule has 1 fully saturated rings. The molecular formula is C16H25N2O7PS2. The molecule has 0 saturated heterocycles. The molecule has 0 aromatic rings. The minimum Gasteiger partial charge on any atom is -0.384 e. The Labute approximate surface area is 174 Å². The van der Waals surface area contributed by atoms with Crippen LogP contribution in [-0.2, 0) is 39.9 Å². The molecule has 2 unspecified atom stereocenters. The lowest BCUT2D eigenvalue weighted by Gasteiger charge is -2.28. The largest absolute Gasteiger partial charge is 0.384 e. The zero-order valence-electron chi connectivity index (χ0n) is 15.9. The van der Waals surface area contributed by atoms with Crippen LogP contribution >= 0.6 is 18.9 Å². The average molecular weight is 452 g/mol. The van der Waals surface area contributed by atoms with Crippen LogP contribution in [0.5, 0.6) is 0 Å². The highest BCUT2D eigenvalue weighted by Gasteiger charge is 2.47. The summed E-state index contributed by atoms with van der Waals surface area (Å²) in [5.41, 5.74) is 0.